The molecule has 39 heavy (non-hydrogen) atoms. The molecule has 1 aliphatic carbocycles. The highest BCUT2D eigenvalue weighted by molar-refractivity contribution is 7.13. The fourth-order valence-corrected chi connectivity index (χ4v) is 6.63. The number of hydrogen-bond acceptors (Lipinski definition) is 6. The minimum Gasteiger partial charge on any atom is -0.471 e. The molecule has 6 nitrogen and oxygen atoms in total. The van der Waals surface area contributed by atoms with Crippen LogP contribution in [0.1, 0.15) is 88.3 Å². The van der Waals surface area contributed by atoms with E-state index in [9.17, 15) is 9.90 Å². The maximum Gasteiger partial charge on any atom is 0.220 e. The molecule has 0 bridgehead atoms. The number of fused-ring (bicyclic) bond motifs is 1. The molecular weight excluding hydrogens is 506 g/mol. The van der Waals surface area contributed by atoms with Crippen LogP contribution in [0.5, 0.6) is 5.88 Å². The Morgan fingerprint density at radius 3 is 2.62 bits per heavy atom. The van der Waals surface area contributed by atoms with Crippen LogP contribution in [-0.4, -0.2) is 38.7 Å². The Hall–Kier alpha value is -2.77. The molecule has 7 heteroatoms. The fraction of sp³-hybridized carbons (Fsp3) is 0.531. The molecule has 0 radical (unpaired) electrons. The number of nitrogens with one attached hydrogen (secondary N) is 1. The normalized spacial score (nSPS) is 19.2. The van der Waals surface area contributed by atoms with Gasteiger partial charge in [0.2, 0.25) is 11.8 Å². The van der Waals surface area contributed by atoms with E-state index in [1.165, 1.54) is 17.5 Å². The van der Waals surface area contributed by atoms with Crippen LogP contribution in [0.25, 0.3) is 10.6 Å². The minimum absolute atomic E-state index is 0.0363. The number of nitrogens with zero attached hydrogens (tertiary/aromatic N) is 2. The molecule has 1 spiro atoms. The number of aromatic nitrogens is 2. The van der Waals surface area contributed by atoms with Crippen molar-refractivity contribution in [2.24, 2.45) is 5.92 Å². The van der Waals surface area contributed by atoms with Gasteiger partial charge in [0.25, 0.3) is 0 Å². The number of ether oxygens (including phenoxy) is 1. The quantitative estimate of drug-likeness (QED) is 0.287. The van der Waals surface area contributed by atoms with E-state index in [4.69, 9.17) is 9.72 Å². The molecule has 1 aromatic carbocycles. The summed E-state index contributed by atoms with van der Waals surface area (Å²) in [6.45, 7) is 6.30. The average Bonchev–Trinajstić information content (AvgIpc) is 3.45. The van der Waals surface area contributed by atoms with Gasteiger partial charge in [-0.05, 0) is 80.4 Å². The third-order valence-electron chi connectivity index (χ3n) is 8.25. The highest BCUT2D eigenvalue weighted by Gasteiger charge is 2.46. The molecule has 208 valence electrons. The summed E-state index contributed by atoms with van der Waals surface area (Å²) in [6, 6.07) is 10.2. The summed E-state index contributed by atoms with van der Waals surface area (Å²) >= 11 is 1.61. The monoisotopic (exact) mass is 547 g/mol. The zero-order valence-corrected chi connectivity index (χ0v) is 24.2. The zero-order valence-electron chi connectivity index (χ0n) is 23.4. The molecule has 2 aliphatic rings. The number of aliphatic hydroxyl groups excluding tert-OH is 1. The number of pyridine rings is 1. The maximum atomic E-state index is 12.4. The van der Waals surface area contributed by atoms with Gasteiger partial charge in [-0.1, -0.05) is 45.0 Å². The van der Waals surface area contributed by atoms with E-state index < -0.39 is 6.10 Å². The van der Waals surface area contributed by atoms with Crippen LogP contribution in [0.2, 0.25) is 0 Å². The summed E-state index contributed by atoms with van der Waals surface area (Å²) in [6.07, 6.45) is 10.9. The SMILES string of the molecule is CCC(=O)N[C@@H](Cc1ccc(-c2nccs2)cc1)[C@H](O)CC[C@H]1CC2(CCC2)Oc2ncc(CC(C)C)cc21. The first-order chi connectivity index (χ1) is 18.8. The highest BCUT2D eigenvalue weighted by atomic mass is 32.1. The van der Waals surface area contributed by atoms with Gasteiger partial charge in [0.1, 0.15) is 10.6 Å². The van der Waals surface area contributed by atoms with Gasteiger partial charge < -0.3 is 15.2 Å². The summed E-state index contributed by atoms with van der Waals surface area (Å²) in [5.74, 6) is 1.60. The molecule has 5 rings (SSSR count). The van der Waals surface area contributed by atoms with Crippen LogP contribution in [0.15, 0.2) is 48.1 Å². The number of carbonyl (C=O) groups excluding carboxylic acids is 1. The molecule has 3 atom stereocenters. The molecule has 2 N–H and O–H groups in total. The molecular formula is C32H41N3O3S. The molecule has 1 aliphatic heterocycles. The van der Waals surface area contributed by atoms with Crippen LogP contribution in [0.3, 0.4) is 0 Å². The number of rotatable bonds is 11. The minimum atomic E-state index is -0.644. The molecule has 2 aromatic heterocycles. The van der Waals surface area contributed by atoms with Gasteiger partial charge in [-0.3, -0.25) is 4.79 Å². The van der Waals surface area contributed by atoms with E-state index in [1.54, 1.807) is 11.3 Å². The highest BCUT2D eigenvalue weighted by Crippen LogP contribution is 2.50. The zero-order chi connectivity index (χ0) is 27.4. The molecule has 0 unspecified atom stereocenters. The van der Waals surface area contributed by atoms with E-state index in [1.807, 2.05) is 24.7 Å². The molecule has 3 heterocycles. The van der Waals surface area contributed by atoms with Gasteiger partial charge >= 0.3 is 0 Å². The van der Waals surface area contributed by atoms with Gasteiger partial charge in [0.15, 0.2) is 0 Å². The van der Waals surface area contributed by atoms with Crippen molar-refractivity contribution in [2.45, 2.75) is 102 Å². The molecule has 0 saturated heterocycles. The Morgan fingerprint density at radius 1 is 1.18 bits per heavy atom. The van der Waals surface area contributed by atoms with Crippen molar-refractivity contribution >= 4 is 17.2 Å². The Kier molecular flexibility index (Phi) is 8.67. The van der Waals surface area contributed by atoms with E-state index >= 15 is 0 Å². The number of hydrogen-bond donors (Lipinski definition) is 2. The molecule has 3 aromatic rings. The lowest BCUT2D eigenvalue weighted by molar-refractivity contribution is -0.122. The van der Waals surface area contributed by atoms with Gasteiger partial charge in [-0.2, -0.15) is 0 Å². The summed E-state index contributed by atoms with van der Waals surface area (Å²) in [5, 5.41) is 17.5. The number of benzene rings is 1. The Bertz CT molecular complexity index is 1240. The summed E-state index contributed by atoms with van der Waals surface area (Å²) in [4.78, 5) is 21.5. The second kappa shape index (κ2) is 12.2. The fourth-order valence-electron chi connectivity index (χ4n) is 5.98. The topological polar surface area (TPSA) is 84.3 Å². The summed E-state index contributed by atoms with van der Waals surface area (Å²) in [7, 11) is 0. The van der Waals surface area contributed by atoms with E-state index in [0.29, 0.717) is 31.1 Å². The lowest BCUT2D eigenvalue weighted by Crippen LogP contribution is -2.47. The molecule has 1 fully saturated rings. The maximum absolute atomic E-state index is 12.4. The Balaban J connectivity index is 1.29. The van der Waals surface area contributed by atoms with Crippen molar-refractivity contribution in [1.29, 1.82) is 0 Å². The summed E-state index contributed by atoms with van der Waals surface area (Å²) in [5.41, 5.74) is 4.51. The lowest BCUT2D eigenvalue weighted by Gasteiger charge is -2.47. The van der Waals surface area contributed by atoms with Crippen molar-refractivity contribution < 1.29 is 14.6 Å². The van der Waals surface area contributed by atoms with Gasteiger partial charge in [0, 0.05) is 35.3 Å². The number of aliphatic hydroxyl groups is 1. The van der Waals surface area contributed by atoms with Crippen molar-refractivity contribution in [1.82, 2.24) is 15.3 Å². The second-order valence-electron chi connectivity index (χ2n) is 11.8. The first-order valence-corrected chi connectivity index (χ1v) is 15.4. The van der Waals surface area contributed by atoms with E-state index in [2.05, 4.69) is 54.5 Å². The van der Waals surface area contributed by atoms with Crippen LogP contribution in [0, 0.1) is 5.92 Å². The van der Waals surface area contributed by atoms with Crippen molar-refractivity contribution in [3.05, 3.63) is 64.8 Å². The van der Waals surface area contributed by atoms with Crippen LogP contribution >= 0.6 is 11.3 Å². The van der Waals surface area contributed by atoms with E-state index in [0.717, 1.165) is 54.1 Å². The van der Waals surface area contributed by atoms with E-state index in [-0.39, 0.29) is 17.6 Å². The Labute approximate surface area is 236 Å². The van der Waals surface area contributed by atoms with Gasteiger partial charge in [-0.25, -0.2) is 9.97 Å². The largest absolute Gasteiger partial charge is 0.471 e. The van der Waals surface area contributed by atoms with Gasteiger partial charge in [0.05, 0.1) is 12.1 Å². The van der Waals surface area contributed by atoms with Crippen molar-refractivity contribution in [3.63, 3.8) is 0 Å². The van der Waals surface area contributed by atoms with Crippen LogP contribution in [-0.2, 0) is 17.6 Å². The standard InChI is InChI=1S/C32H41N3O3S/c1-4-29(37)35-27(18-22-6-8-24(9-7-22)31-33-14-15-39-31)28(36)11-10-25-19-32(12-5-13-32)38-30-26(25)17-23(20-34-30)16-21(2)3/h6-9,14-15,17,20-21,25,27-28,36H,4-5,10-13,16,18-19H2,1-3H3,(H,35,37)/t25-,27-,28+/m0/s1. The van der Waals surface area contributed by atoms with Gasteiger partial charge in [-0.15, -0.1) is 11.3 Å². The van der Waals surface area contributed by atoms with Crippen LogP contribution < -0.4 is 10.1 Å². The molecule has 1 amide bonds. The number of amides is 1. The third kappa shape index (κ3) is 6.69. The predicted molar refractivity (Wildman–Crippen MR) is 156 cm³/mol. The number of thiazole rings is 1. The van der Waals surface area contributed by atoms with Crippen LogP contribution in [0.4, 0.5) is 0 Å². The predicted octanol–water partition coefficient (Wildman–Crippen LogP) is 6.47. The lowest BCUT2D eigenvalue weighted by atomic mass is 9.70. The van der Waals surface area contributed by atoms with Crippen molar-refractivity contribution in [3.8, 4) is 16.5 Å². The molecule has 1 saturated carbocycles. The smallest absolute Gasteiger partial charge is 0.220 e. The Morgan fingerprint density at radius 2 is 1.97 bits per heavy atom. The average molecular weight is 548 g/mol. The van der Waals surface area contributed by atoms with Crippen molar-refractivity contribution in [2.75, 3.05) is 0 Å². The first kappa shape index (κ1) is 27.8. The first-order valence-electron chi connectivity index (χ1n) is 14.5. The summed E-state index contributed by atoms with van der Waals surface area (Å²) < 4.78 is 6.45. The second-order valence-corrected chi connectivity index (χ2v) is 12.7. The number of carbonyl (C=O) groups is 1. The third-order valence-corrected chi connectivity index (χ3v) is 9.07.